The van der Waals surface area contributed by atoms with Crippen LogP contribution >= 0.6 is 0 Å². The first kappa shape index (κ1) is 10.4. The molecule has 0 radical (unpaired) electrons. The Kier molecular flexibility index (Phi) is 3.10. The number of hydrogen-bond donors (Lipinski definition) is 2. The molecule has 82 valence electrons. The highest BCUT2D eigenvalue weighted by Crippen LogP contribution is 2.26. The van der Waals surface area contributed by atoms with Crippen molar-refractivity contribution >= 4 is 0 Å². The first-order valence-electron chi connectivity index (χ1n) is 5.80. The van der Waals surface area contributed by atoms with Gasteiger partial charge in [0.2, 0.25) is 0 Å². The highest BCUT2D eigenvalue weighted by atomic mass is 16.5. The molecule has 0 amide bonds. The molecule has 1 atom stereocenters. The standard InChI is InChI=1S/C11H22N2O/c1-9(2)10-7-14-11(8-13-10)3-5-12-6-4-11/h9-10,12-13H,3-8H2,1-2H3. The summed E-state index contributed by atoms with van der Waals surface area (Å²) in [7, 11) is 0. The summed E-state index contributed by atoms with van der Waals surface area (Å²) >= 11 is 0. The number of hydrogen-bond acceptors (Lipinski definition) is 3. The minimum atomic E-state index is 0.149. The van der Waals surface area contributed by atoms with Crippen LogP contribution < -0.4 is 10.6 Å². The molecule has 0 bridgehead atoms. The summed E-state index contributed by atoms with van der Waals surface area (Å²) in [6.45, 7) is 8.64. The van der Waals surface area contributed by atoms with Crippen LogP contribution in [0, 0.1) is 5.92 Å². The van der Waals surface area contributed by atoms with E-state index in [4.69, 9.17) is 4.74 Å². The first-order valence-corrected chi connectivity index (χ1v) is 5.80. The van der Waals surface area contributed by atoms with Crippen LogP contribution in [-0.4, -0.2) is 37.9 Å². The van der Waals surface area contributed by atoms with E-state index in [0.717, 1.165) is 39.1 Å². The lowest BCUT2D eigenvalue weighted by molar-refractivity contribution is -0.104. The van der Waals surface area contributed by atoms with Gasteiger partial charge in [0, 0.05) is 12.6 Å². The molecule has 14 heavy (non-hydrogen) atoms. The summed E-state index contributed by atoms with van der Waals surface area (Å²) in [5, 5.41) is 7.01. The van der Waals surface area contributed by atoms with E-state index in [1.807, 2.05) is 0 Å². The van der Waals surface area contributed by atoms with Crippen LogP contribution in [0.15, 0.2) is 0 Å². The van der Waals surface area contributed by atoms with Gasteiger partial charge in [0.15, 0.2) is 0 Å². The molecule has 1 spiro atoms. The van der Waals surface area contributed by atoms with Gasteiger partial charge in [0.1, 0.15) is 0 Å². The molecule has 0 aromatic rings. The fraction of sp³-hybridized carbons (Fsp3) is 1.00. The van der Waals surface area contributed by atoms with Crippen molar-refractivity contribution < 1.29 is 4.74 Å². The number of piperidine rings is 1. The van der Waals surface area contributed by atoms with Gasteiger partial charge in [-0.25, -0.2) is 0 Å². The predicted octanol–water partition coefficient (Wildman–Crippen LogP) is 0.753. The molecule has 0 aliphatic carbocycles. The fourth-order valence-corrected chi connectivity index (χ4v) is 2.33. The summed E-state index contributed by atoms with van der Waals surface area (Å²) in [6.07, 6.45) is 2.32. The molecule has 3 heteroatoms. The molecule has 2 aliphatic rings. The molecule has 2 saturated heterocycles. The van der Waals surface area contributed by atoms with Gasteiger partial charge >= 0.3 is 0 Å². The van der Waals surface area contributed by atoms with Gasteiger partial charge in [-0.15, -0.1) is 0 Å². The molecule has 0 saturated carbocycles. The molecule has 2 N–H and O–H groups in total. The van der Waals surface area contributed by atoms with E-state index in [1.54, 1.807) is 0 Å². The zero-order valence-electron chi connectivity index (χ0n) is 9.31. The lowest BCUT2D eigenvalue weighted by Gasteiger charge is -2.44. The average molecular weight is 198 g/mol. The van der Waals surface area contributed by atoms with Crippen LogP contribution in [0.2, 0.25) is 0 Å². The molecule has 1 unspecified atom stereocenters. The van der Waals surface area contributed by atoms with Crippen LogP contribution in [0.25, 0.3) is 0 Å². The summed E-state index contributed by atoms with van der Waals surface area (Å²) in [6, 6.07) is 0.551. The summed E-state index contributed by atoms with van der Waals surface area (Å²) in [5.74, 6) is 0.675. The summed E-state index contributed by atoms with van der Waals surface area (Å²) in [4.78, 5) is 0. The zero-order valence-corrected chi connectivity index (χ0v) is 9.31. The van der Waals surface area contributed by atoms with E-state index in [2.05, 4.69) is 24.5 Å². The number of nitrogens with one attached hydrogen (secondary N) is 2. The highest BCUT2D eigenvalue weighted by Gasteiger charge is 2.37. The van der Waals surface area contributed by atoms with Crippen LogP contribution in [0.4, 0.5) is 0 Å². The van der Waals surface area contributed by atoms with Crippen molar-refractivity contribution in [2.24, 2.45) is 5.92 Å². The van der Waals surface area contributed by atoms with Gasteiger partial charge in [-0.2, -0.15) is 0 Å². The van der Waals surface area contributed by atoms with Gasteiger partial charge < -0.3 is 15.4 Å². The van der Waals surface area contributed by atoms with Crippen molar-refractivity contribution in [2.45, 2.75) is 38.3 Å². The smallest absolute Gasteiger partial charge is 0.0831 e. The molecule has 2 heterocycles. The second-order valence-corrected chi connectivity index (χ2v) is 4.98. The molecular formula is C11H22N2O. The lowest BCUT2D eigenvalue weighted by Crippen LogP contribution is -2.59. The molecule has 2 rings (SSSR count). The van der Waals surface area contributed by atoms with Crippen molar-refractivity contribution in [3.8, 4) is 0 Å². The molecule has 0 aromatic carbocycles. The quantitative estimate of drug-likeness (QED) is 0.652. The fourth-order valence-electron chi connectivity index (χ4n) is 2.33. The Morgan fingerprint density at radius 2 is 2.00 bits per heavy atom. The van der Waals surface area contributed by atoms with Crippen LogP contribution in [0.1, 0.15) is 26.7 Å². The normalized spacial score (nSPS) is 32.4. The van der Waals surface area contributed by atoms with Gasteiger partial charge in [-0.05, 0) is 31.8 Å². The van der Waals surface area contributed by atoms with E-state index < -0.39 is 0 Å². The molecular weight excluding hydrogens is 176 g/mol. The van der Waals surface area contributed by atoms with Crippen molar-refractivity contribution in [3.05, 3.63) is 0 Å². The van der Waals surface area contributed by atoms with Crippen molar-refractivity contribution in [3.63, 3.8) is 0 Å². The Balaban J connectivity index is 1.87. The maximum atomic E-state index is 6.08. The zero-order chi connectivity index (χ0) is 10.0. The maximum absolute atomic E-state index is 6.08. The lowest BCUT2D eigenvalue weighted by atomic mass is 9.89. The third-order valence-electron chi connectivity index (χ3n) is 3.58. The minimum absolute atomic E-state index is 0.149. The van der Waals surface area contributed by atoms with Crippen LogP contribution in [0.5, 0.6) is 0 Å². The third kappa shape index (κ3) is 2.10. The monoisotopic (exact) mass is 198 g/mol. The largest absolute Gasteiger partial charge is 0.372 e. The van der Waals surface area contributed by atoms with Crippen molar-refractivity contribution in [1.29, 1.82) is 0 Å². The van der Waals surface area contributed by atoms with Gasteiger partial charge in [0.05, 0.1) is 12.2 Å². The summed E-state index contributed by atoms with van der Waals surface area (Å²) < 4.78 is 6.08. The predicted molar refractivity (Wildman–Crippen MR) is 57.4 cm³/mol. The van der Waals surface area contributed by atoms with E-state index in [0.29, 0.717) is 12.0 Å². The highest BCUT2D eigenvalue weighted by molar-refractivity contribution is 4.93. The van der Waals surface area contributed by atoms with Crippen molar-refractivity contribution in [1.82, 2.24) is 10.6 Å². The second kappa shape index (κ2) is 4.17. The van der Waals surface area contributed by atoms with E-state index in [1.165, 1.54) is 0 Å². The number of rotatable bonds is 1. The van der Waals surface area contributed by atoms with Gasteiger partial charge in [-0.3, -0.25) is 0 Å². The van der Waals surface area contributed by atoms with Crippen LogP contribution in [-0.2, 0) is 4.74 Å². The third-order valence-corrected chi connectivity index (χ3v) is 3.58. The van der Waals surface area contributed by atoms with Crippen LogP contribution in [0.3, 0.4) is 0 Å². The molecule has 0 aromatic heterocycles. The van der Waals surface area contributed by atoms with E-state index >= 15 is 0 Å². The van der Waals surface area contributed by atoms with Gasteiger partial charge in [-0.1, -0.05) is 13.8 Å². The molecule has 2 aliphatic heterocycles. The second-order valence-electron chi connectivity index (χ2n) is 4.98. The SMILES string of the molecule is CC(C)C1COC2(CCNCC2)CN1. The molecule has 2 fully saturated rings. The van der Waals surface area contributed by atoms with Gasteiger partial charge in [0.25, 0.3) is 0 Å². The number of ether oxygens (including phenoxy) is 1. The van der Waals surface area contributed by atoms with E-state index in [-0.39, 0.29) is 5.60 Å². The minimum Gasteiger partial charge on any atom is -0.372 e. The Hall–Kier alpha value is -0.120. The Bertz CT molecular complexity index is 178. The summed E-state index contributed by atoms with van der Waals surface area (Å²) in [5.41, 5.74) is 0.149. The first-order chi connectivity index (χ1) is 6.72. The van der Waals surface area contributed by atoms with Crippen molar-refractivity contribution in [2.75, 3.05) is 26.2 Å². The Morgan fingerprint density at radius 3 is 2.50 bits per heavy atom. The molecule has 3 nitrogen and oxygen atoms in total. The topological polar surface area (TPSA) is 33.3 Å². The Morgan fingerprint density at radius 1 is 1.29 bits per heavy atom. The average Bonchev–Trinajstić information content (AvgIpc) is 2.19. The maximum Gasteiger partial charge on any atom is 0.0831 e. The Labute approximate surface area is 86.6 Å². The van der Waals surface area contributed by atoms with E-state index in [9.17, 15) is 0 Å². The number of morpholine rings is 1.